The van der Waals surface area contributed by atoms with Crippen LogP contribution >= 0.6 is 0 Å². The van der Waals surface area contributed by atoms with Crippen LogP contribution in [0.25, 0.3) is 0 Å². The average molecular weight is 285 g/mol. The average Bonchev–Trinajstić information content (AvgIpc) is 3.12. The number of aliphatic hydroxyl groups is 1. The van der Waals surface area contributed by atoms with Crippen molar-refractivity contribution in [3.05, 3.63) is 34.9 Å². The predicted octanol–water partition coefficient (Wildman–Crippen LogP) is 3.07. The van der Waals surface area contributed by atoms with Gasteiger partial charge in [0.1, 0.15) is 5.60 Å². The number of hydrogen-bond acceptors (Lipinski definition) is 2. The number of β-amino-alcohol motifs (C(OH)–C–C–N with tert-alkyl or cyclic N) is 1. The van der Waals surface area contributed by atoms with Crippen molar-refractivity contribution in [3.63, 3.8) is 0 Å². The second-order valence-electron chi connectivity index (χ2n) is 6.01. The van der Waals surface area contributed by atoms with Gasteiger partial charge in [-0.15, -0.1) is 0 Å². The maximum atomic E-state index is 12.7. The minimum atomic E-state index is -4.33. The summed E-state index contributed by atoms with van der Waals surface area (Å²) in [5.74, 6) is 0. The third-order valence-corrected chi connectivity index (χ3v) is 4.40. The van der Waals surface area contributed by atoms with Gasteiger partial charge in [0.25, 0.3) is 0 Å². The number of likely N-dealkylation sites (tertiary alicyclic amines) is 1. The number of halogens is 3. The van der Waals surface area contributed by atoms with Crippen molar-refractivity contribution in [2.75, 3.05) is 13.1 Å². The summed E-state index contributed by atoms with van der Waals surface area (Å²) in [7, 11) is 0. The lowest BCUT2D eigenvalue weighted by molar-refractivity contribution is -0.137. The van der Waals surface area contributed by atoms with Crippen LogP contribution in [0.1, 0.15) is 36.0 Å². The molecule has 3 rings (SSSR count). The molecular weight excluding hydrogens is 267 g/mol. The normalized spacial score (nSPS) is 28.1. The molecule has 2 nitrogen and oxygen atoms in total. The SMILES string of the molecule is Cc1cc(C(F)(F)F)ccc1C1(O)CCN(C2CC2)C1. The van der Waals surface area contributed by atoms with Crippen LogP contribution < -0.4 is 0 Å². The van der Waals surface area contributed by atoms with Crippen LogP contribution in [0.2, 0.25) is 0 Å². The maximum absolute atomic E-state index is 12.7. The lowest BCUT2D eigenvalue weighted by Crippen LogP contribution is -2.32. The molecule has 1 N–H and O–H groups in total. The highest BCUT2D eigenvalue weighted by atomic mass is 19.4. The first-order valence-corrected chi connectivity index (χ1v) is 6.94. The minimum Gasteiger partial charge on any atom is -0.384 e. The van der Waals surface area contributed by atoms with E-state index in [4.69, 9.17) is 0 Å². The Kier molecular flexibility index (Phi) is 3.10. The molecule has 5 heteroatoms. The monoisotopic (exact) mass is 285 g/mol. The Hall–Kier alpha value is -1.07. The van der Waals surface area contributed by atoms with Crippen LogP contribution in [-0.2, 0) is 11.8 Å². The van der Waals surface area contributed by atoms with E-state index in [1.807, 2.05) is 0 Å². The summed E-state index contributed by atoms with van der Waals surface area (Å²) in [4.78, 5) is 2.25. The van der Waals surface area contributed by atoms with Crippen molar-refractivity contribution < 1.29 is 18.3 Å². The van der Waals surface area contributed by atoms with E-state index in [-0.39, 0.29) is 0 Å². The fraction of sp³-hybridized carbons (Fsp3) is 0.600. The zero-order valence-corrected chi connectivity index (χ0v) is 11.4. The Morgan fingerprint density at radius 2 is 2.00 bits per heavy atom. The largest absolute Gasteiger partial charge is 0.416 e. The topological polar surface area (TPSA) is 23.5 Å². The quantitative estimate of drug-likeness (QED) is 0.902. The molecule has 110 valence electrons. The second-order valence-corrected chi connectivity index (χ2v) is 6.01. The standard InChI is InChI=1S/C15H18F3NO/c1-10-8-11(15(16,17)18)2-5-13(10)14(20)6-7-19(9-14)12-3-4-12/h2,5,8,12,20H,3-4,6-7,9H2,1H3. The molecule has 1 aliphatic carbocycles. The molecule has 2 fully saturated rings. The Bertz CT molecular complexity index is 524. The lowest BCUT2D eigenvalue weighted by atomic mass is 9.88. The Morgan fingerprint density at radius 1 is 1.30 bits per heavy atom. The molecule has 1 saturated heterocycles. The van der Waals surface area contributed by atoms with Crippen LogP contribution in [0.15, 0.2) is 18.2 Å². The zero-order valence-electron chi connectivity index (χ0n) is 11.4. The molecule has 0 aromatic heterocycles. The van der Waals surface area contributed by atoms with E-state index in [0.29, 0.717) is 30.1 Å². The fourth-order valence-corrected chi connectivity index (χ4v) is 3.16. The summed E-state index contributed by atoms with van der Waals surface area (Å²) in [5.41, 5.74) is -0.510. The molecule has 1 aromatic rings. The summed E-state index contributed by atoms with van der Waals surface area (Å²) in [6, 6.07) is 4.21. The summed E-state index contributed by atoms with van der Waals surface area (Å²) < 4.78 is 38.0. The van der Waals surface area contributed by atoms with Crippen LogP contribution in [-0.4, -0.2) is 29.1 Å². The van der Waals surface area contributed by atoms with Gasteiger partial charge in [0, 0.05) is 19.1 Å². The molecule has 0 amide bonds. The molecule has 20 heavy (non-hydrogen) atoms. The van der Waals surface area contributed by atoms with Gasteiger partial charge < -0.3 is 5.11 Å². The van der Waals surface area contributed by atoms with Gasteiger partial charge in [0.15, 0.2) is 0 Å². The van der Waals surface area contributed by atoms with Crippen molar-refractivity contribution in [2.24, 2.45) is 0 Å². The van der Waals surface area contributed by atoms with E-state index < -0.39 is 17.3 Å². The Morgan fingerprint density at radius 3 is 2.55 bits per heavy atom. The van der Waals surface area contributed by atoms with Gasteiger partial charge in [0.05, 0.1) is 5.56 Å². The molecule has 1 heterocycles. The molecule has 1 atom stereocenters. The van der Waals surface area contributed by atoms with E-state index in [2.05, 4.69) is 4.90 Å². The highest BCUT2D eigenvalue weighted by Gasteiger charge is 2.44. The van der Waals surface area contributed by atoms with E-state index in [1.165, 1.54) is 18.9 Å². The van der Waals surface area contributed by atoms with Crippen molar-refractivity contribution in [1.29, 1.82) is 0 Å². The number of nitrogens with zero attached hydrogens (tertiary/aromatic N) is 1. The number of alkyl halides is 3. The lowest BCUT2D eigenvalue weighted by Gasteiger charge is -2.26. The molecule has 0 spiro atoms. The number of rotatable bonds is 2. The Labute approximate surface area is 116 Å². The number of aryl methyl sites for hydroxylation is 1. The van der Waals surface area contributed by atoms with Crippen molar-refractivity contribution in [2.45, 2.75) is 44.0 Å². The van der Waals surface area contributed by atoms with Crippen molar-refractivity contribution in [1.82, 2.24) is 4.90 Å². The highest BCUT2D eigenvalue weighted by Crippen LogP contribution is 2.40. The predicted molar refractivity (Wildman–Crippen MR) is 69.3 cm³/mol. The third-order valence-electron chi connectivity index (χ3n) is 4.40. The molecule has 0 bridgehead atoms. The first-order valence-electron chi connectivity index (χ1n) is 6.94. The van der Waals surface area contributed by atoms with E-state index in [1.54, 1.807) is 6.92 Å². The maximum Gasteiger partial charge on any atom is 0.416 e. The summed E-state index contributed by atoms with van der Waals surface area (Å²) in [6.45, 7) is 2.99. The zero-order chi connectivity index (χ0) is 14.5. The highest BCUT2D eigenvalue weighted by molar-refractivity contribution is 5.37. The number of benzene rings is 1. The van der Waals surface area contributed by atoms with Crippen molar-refractivity contribution in [3.8, 4) is 0 Å². The molecule has 1 aliphatic heterocycles. The van der Waals surface area contributed by atoms with Gasteiger partial charge in [-0.05, 0) is 49.4 Å². The van der Waals surface area contributed by atoms with E-state index in [9.17, 15) is 18.3 Å². The van der Waals surface area contributed by atoms with Crippen molar-refractivity contribution >= 4 is 0 Å². The second kappa shape index (κ2) is 4.46. The van der Waals surface area contributed by atoms with Crippen LogP contribution in [0, 0.1) is 6.92 Å². The number of hydrogen-bond donors (Lipinski definition) is 1. The van der Waals surface area contributed by atoms with Gasteiger partial charge >= 0.3 is 6.18 Å². The summed E-state index contributed by atoms with van der Waals surface area (Å²) in [6.07, 6.45) is -1.40. The third kappa shape index (κ3) is 2.44. The summed E-state index contributed by atoms with van der Waals surface area (Å²) in [5, 5.41) is 10.8. The minimum absolute atomic E-state index is 0.514. The van der Waals surface area contributed by atoms with Gasteiger partial charge in [-0.2, -0.15) is 13.2 Å². The fourth-order valence-electron chi connectivity index (χ4n) is 3.16. The molecule has 1 aromatic carbocycles. The molecular formula is C15H18F3NO. The smallest absolute Gasteiger partial charge is 0.384 e. The van der Waals surface area contributed by atoms with E-state index >= 15 is 0 Å². The molecule has 1 saturated carbocycles. The van der Waals surface area contributed by atoms with Crippen LogP contribution in [0.4, 0.5) is 13.2 Å². The van der Waals surface area contributed by atoms with Gasteiger partial charge in [-0.3, -0.25) is 4.90 Å². The first kappa shape index (κ1) is 13.9. The summed E-state index contributed by atoms with van der Waals surface area (Å²) >= 11 is 0. The first-order chi connectivity index (χ1) is 9.29. The van der Waals surface area contributed by atoms with Gasteiger partial charge in [0.2, 0.25) is 0 Å². The Balaban J connectivity index is 1.86. The van der Waals surface area contributed by atoms with E-state index in [0.717, 1.165) is 18.7 Å². The van der Waals surface area contributed by atoms with Crippen LogP contribution in [0.3, 0.4) is 0 Å². The molecule has 0 radical (unpaired) electrons. The van der Waals surface area contributed by atoms with Gasteiger partial charge in [-0.25, -0.2) is 0 Å². The molecule has 2 aliphatic rings. The van der Waals surface area contributed by atoms with Gasteiger partial charge in [-0.1, -0.05) is 6.07 Å². The molecule has 1 unspecified atom stereocenters. The van der Waals surface area contributed by atoms with Crippen LogP contribution in [0.5, 0.6) is 0 Å².